The molecule has 0 aromatic rings. The molecule has 0 atom stereocenters. The normalized spacial score (nSPS) is 23.4. The van der Waals surface area contributed by atoms with E-state index in [0.717, 1.165) is 0 Å². The minimum atomic E-state index is -4.32. The fourth-order valence-corrected chi connectivity index (χ4v) is 2.13. The van der Waals surface area contributed by atoms with E-state index in [1.807, 2.05) is 13.8 Å². The van der Waals surface area contributed by atoms with Crippen molar-refractivity contribution >= 4 is 5.91 Å². The van der Waals surface area contributed by atoms with Crippen LogP contribution >= 0.6 is 0 Å². The Labute approximate surface area is 98.9 Å². The summed E-state index contributed by atoms with van der Waals surface area (Å²) >= 11 is 0. The van der Waals surface area contributed by atoms with E-state index in [2.05, 4.69) is 5.32 Å². The molecule has 0 radical (unpaired) electrons. The van der Waals surface area contributed by atoms with Gasteiger partial charge in [-0.15, -0.1) is 0 Å². The molecule has 0 saturated heterocycles. The van der Waals surface area contributed by atoms with Crippen molar-refractivity contribution in [3.05, 3.63) is 0 Å². The molecule has 1 saturated carbocycles. The van der Waals surface area contributed by atoms with Crippen LogP contribution in [0.15, 0.2) is 0 Å². The summed E-state index contributed by atoms with van der Waals surface area (Å²) in [4.78, 5) is 11.4. The molecule has 6 heteroatoms. The molecule has 1 aliphatic rings. The molecule has 0 aromatic heterocycles. The molecule has 1 amide bonds. The van der Waals surface area contributed by atoms with Crippen molar-refractivity contribution in [2.24, 2.45) is 11.1 Å². The second-order valence-corrected chi connectivity index (χ2v) is 5.58. The lowest BCUT2D eigenvalue weighted by Gasteiger charge is -2.42. The number of primary amides is 1. The highest BCUT2D eigenvalue weighted by atomic mass is 19.4. The number of amides is 1. The standard InChI is InChI=1S/C11H19F3N2O/c1-9(2)3-5-10(6-4-9,8(15)17)16-7-11(12,13)14/h16H,3-7H2,1-2H3,(H2,15,17). The van der Waals surface area contributed by atoms with Crippen LogP contribution in [0, 0.1) is 5.41 Å². The highest BCUT2D eigenvalue weighted by Crippen LogP contribution is 2.40. The third kappa shape index (κ3) is 3.87. The van der Waals surface area contributed by atoms with Crippen molar-refractivity contribution in [2.75, 3.05) is 6.54 Å². The van der Waals surface area contributed by atoms with E-state index in [-0.39, 0.29) is 5.41 Å². The van der Waals surface area contributed by atoms with Crippen molar-refractivity contribution in [1.82, 2.24) is 5.32 Å². The molecular formula is C11H19F3N2O. The van der Waals surface area contributed by atoms with Gasteiger partial charge in [0, 0.05) is 0 Å². The summed E-state index contributed by atoms with van der Waals surface area (Å²) in [5, 5.41) is 2.31. The summed E-state index contributed by atoms with van der Waals surface area (Å²) in [6, 6.07) is 0. The Morgan fingerprint density at radius 2 is 1.71 bits per heavy atom. The number of nitrogens with one attached hydrogen (secondary N) is 1. The van der Waals surface area contributed by atoms with Crippen LogP contribution in [0.25, 0.3) is 0 Å². The monoisotopic (exact) mass is 252 g/mol. The molecule has 0 aromatic carbocycles. The first kappa shape index (κ1) is 14.3. The highest BCUT2D eigenvalue weighted by Gasteiger charge is 2.44. The minimum Gasteiger partial charge on any atom is -0.368 e. The summed E-state index contributed by atoms with van der Waals surface area (Å²) in [5.74, 6) is -0.683. The largest absolute Gasteiger partial charge is 0.401 e. The molecule has 17 heavy (non-hydrogen) atoms. The molecule has 100 valence electrons. The quantitative estimate of drug-likeness (QED) is 0.806. The van der Waals surface area contributed by atoms with Crippen LogP contribution in [-0.4, -0.2) is 24.2 Å². The Bertz CT molecular complexity index is 290. The van der Waals surface area contributed by atoms with Crippen molar-refractivity contribution in [3.63, 3.8) is 0 Å². The van der Waals surface area contributed by atoms with E-state index in [0.29, 0.717) is 25.7 Å². The van der Waals surface area contributed by atoms with Gasteiger partial charge in [-0.1, -0.05) is 13.8 Å². The van der Waals surface area contributed by atoms with Crippen LogP contribution in [0.4, 0.5) is 13.2 Å². The number of nitrogens with two attached hydrogens (primary N) is 1. The first-order chi connectivity index (χ1) is 7.56. The zero-order valence-corrected chi connectivity index (χ0v) is 10.2. The fraction of sp³-hybridized carbons (Fsp3) is 0.909. The Kier molecular flexibility index (Phi) is 3.76. The zero-order valence-electron chi connectivity index (χ0n) is 10.2. The lowest BCUT2D eigenvalue weighted by atomic mass is 9.69. The highest BCUT2D eigenvalue weighted by molar-refractivity contribution is 5.84. The number of alkyl halides is 3. The third-order valence-corrected chi connectivity index (χ3v) is 3.56. The van der Waals surface area contributed by atoms with Crippen LogP contribution in [0.3, 0.4) is 0 Å². The van der Waals surface area contributed by atoms with E-state index >= 15 is 0 Å². The van der Waals surface area contributed by atoms with Gasteiger partial charge in [-0.05, 0) is 31.1 Å². The van der Waals surface area contributed by atoms with E-state index in [1.54, 1.807) is 0 Å². The van der Waals surface area contributed by atoms with Gasteiger partial charge in [-0.25, -0.2) is 0 Å². The summed E-state index contributed by atoms with van der Waals surface area (Å²) < 4.78 is 36.5. The van der Waals surface area contributed by atoms with Gasteiger partial charge in [0.25, 0.3) is 0 Å². The van der Waals surface area contributed by atoms with E-state index in [9.17, 15) is 18.0 Å². The number of carbonyl (C=O) groups is 1. The Morgan fingerprint density at radius 3 is 2.06 bits per heavy atom. The fourth-order valence-electron chi connectivity index (χ4n) is 2.13. The predicted octanol–water partition coefficient (Wildman–Crippen LogP) is 1.96. The van der Waals surface area contributed by atoms with E-state index < -0.39 is 24.2 Å². The Balaban J connectivity index is 2.69. The van der Waals surface area contributed by atoms with Crippen molar-refractivity contribution < 1.29 is 18.0 Å². The van der Waals surface area contributed by atoms with Gasteiger partial charge in [0.2, 0.25) is 5.91 Å². The van der Waals surface area contributed by atoms with Crippen molar-refractivity contribution in [1.29, 1.82) is 0 Å². The van der Waals surface area contributed by atoms with Crippen LogP contribution in [0.1, 0.15) is 39.5 Å². The number of hydrogen-bond donors (Lipinski definition) is 2. The average molecular weight is 252 g/mol. The second kappa shape index (κ2) is 4.48. The van der Waals surface area contributed by atoms with E-state index in [4.69, 9.17) is 5.73 Å². The molecule has 0 aliphatic heterocycles. The number of rotatable bonds is 3. The SMILES string of the molecule is CC1(C)CCC(NCC(F)(F)F)(C(N)=O)CC1. The molecule has 3 nitrogen and oxygen atoms in total. The smallest absolute Gasteiger partial charge is 0.368 e. The molecule has 3 N–H and O–H groups in total. The van der Waals surface area contributed by atoms with Gasteiger partial charge in [-0.2, -0.15) is 13.2 Å². The van der Waals surface area contributed by atoms with Crippen molar-refractivity contribution in [3.8, 4) is 0 Å². The first-order valence-corrected chi connectivity index (χ1v) is 5.68. The van der Waals surface area contributed by atoms with Crippen LogP contribution in [0.5, 0.6) is 0 Å². The molecular weight excluding hydrogens is 233 g/mol. The van der Waals surface area contributed by atoms with Crippen LogP contribution in [-0.2, 0) is 4.79 Å². The average Bonchev–Trinajstić information content (AvgIpc) is 2.15. The lowest BCUT2D eigenvalue weighted by Crippen LogP contribution is -2.59. The maximum atomic E-state index is 12.2. The second-order valence-electron chi connectivity index (χ2n) is 5.58. The molecule has 0 heterocycles. The molecule has 0 unspecified atom stereocenters. The molecule has 0 bridgehead atoms. The van der Waals surface area contributed by atoms with Crippen molar-refractivity contribution in [2.45, 2.75) is 51.2 Å². The minimum absolute atomic E-state index is 0.0683. The molecule has 1 fully saturated rings. The number of carbonyl (C=O) groups excluding carboxylic acids is 1. The first-order valence-electron chi connectivity index (χ1n) is 5.68. The molecule has 1 rings (SSSR count). The van der Waals surface area contributed by atoms with Gasteiger partial charge in [0.05, 0.1) is 12.1 Å². The number of halogens is 3. The predicted molar refractivity (Wildman–Crippen MR) is 58.2 cm³/mol. The zero-order chi connectivity index (χ0) is 13.3. The summed E-state index contributed by atoms with van der Waals surface area (Å²) in [5.41, 5.74) is 4.13. The van der Waals surface area contributed by atoms with Gasteiger partial charge in [0.15, 0.2) is 0 Å². The summed E-state index contributed by atoms with van der Waals surface area (Å²) in [6.45, 7) is 2.92. The van der Waals surface area contributed by atoms with Gasteiger partial charge < -0.3 is 5.73 Å². The Hall–Kier alpha value is -0.780. The third-order valence-electron chi connectivity index (χ3n) is 3.56. The maximum Gasteiger partial charge on any atom is 0.401 e. The molecule has 0 spiro atoms. The van der Waals surface area contributed by atoms with Crippen LogP contribution < -0.4 is 11.1 Å². The number of hydrogen-bond acceptors (Lipinski definition) is 2. The van der Waals surface area contributed by atoms with Crippen LogP contribution in [0.2, 0.25) is 0 Å². The van der Waals surface area contributed by atoms with Gasteiger partial charge >= 0.3 is 6.18 Å². The summed E-state index contributed by atoms with van der Waals surface area (Å²) in [7, 11) is 0. The van der Waals surface area contributed by atoms with Gasteiger partial charge in [0.1, 0.15) is 0 Å². The van der Waals surface area contributed by atoms with E-state index in [1.165, 1.54) is 0 Å². The Morgan fingerprint density at radius 1 is 1.24 bits per heavy atom. The molecule has 1 aliphatic carbocycles. The van der Waals surface area contributed by atoms with Gasteiger partial charge in [-0.3, -0.25) is 10.1 Å². The topological polar surface area (TPSA) is 55.1 Å². The lowest BCUT2D eigenvalue weighted by molar-refractivity contribution is -0.138. The maximum absolute atomic E-state index is 12.2. The summed E-state index contributed by atoms with van der Waals surface area (Å²) in [6.07, 6.45) is -2.20.